The van der Waals surface area contributed by atoms with Crippen molar-refractivity contribution >= 4 is 5.91 Å². The zero-order valence-corrected chi connectivity index (χ0v) is 11.6. The normalized spacial score (nSPS) is 29.5. The third-order valence-electron chi connectivity index (χ3n) is 4.64. The fourth-order valence-electron chi connectivity index (χ4n) is 3.10. The van der Waals surface area contributed by atoms with E-state index in [0.29, 0.717) is 18.1 Å². The van der Waals surface area contributed by atoms with Gasteiger partial charge in [0.2, 0.25) is 5.91 Å². The molecule has 2 fully saturated rings. The summed E-state index contributed by atoms with van der Waals surface area (Å²) in [5.41, 5.74) is 0.581. The number of carbonyl (C=O) groups is 1. The molecule has 3 nitrogen and oxygen atoms in total. The summed E-state index contributed by atoms with van der Waals surface area (Å²) in [5.74, 6) is 0.657. The Morgan fingerprint density at radius 1 is 1.32 bits per heavy atom. The largest absolute Gasteiger partial charge is 0.378 e. The average molecular weight is 259 g/mol. The third kappa shape index (κ3) is 2.16. The van der Waals surface area contributed by atoms with Crippen molar-refractivity contribution in [3.63, 3.8) is 0 Å². The van der Waals surface area contributed by atoms with Crippen LogP contribution in [0.15, 0.2) is 30.3 Å². The number of hydrogen-bond donors (Lipinski definition) is 1. The molecular formula is C16H21NO2. The van der Waals surface area contributed by atoms with Gasteiger partial charge in [-0.05, 0) is 32.3 Å². The van der Waals surface area contributed by atoms with Crippen LogP contribution in [-0.2, 0) is 14.9 Å². The quantitative estimate of drug-likeness (QED) is 0.904. The molecule has 1 aromatic carbocycles. The van der Waals surface area contributed by atoms with E-state index in [1.165, 1.54) is 0 Å². The van der Waals surface area contributed by atoms with Crippen molar-refractivity contribution in [2.75, 3.05) is 6.61 Å². The summed E-state index contributed by atoms with van der Waals surface area (Å²) in [6, 6.07) is 10.3. The minimum Gasteiger partial charge on any atom is -0.378 e. The van der Waals surface area contributed by atoms with Gasteiger partial charge >= 0.3 is 0 Å². The van der Waals surface area contributed by atoms with Crippen LogP contribution in [0, 0.1) is 5.92 Å². The van der Waals surface area contributed by atoms with E-state index in [4.69, 9.17) is 4.74 Å². The molecule has 1 saturated heterocycles. The molecule has 1 saturated carbocycles. The topological polar surface area (TPSA) is 38.3 Å². The fraction of sp³-hybridized carbons (Fsp3) is 0.562. The van der Waals surface area contributed by atoms with E-state index in [9.17, 15) is 4.79 Å². The van der Waals surface area contributed by atoms with E-state index in [2.05, 4.69) is 5.32 Å². The van der Waals surface area contributed by atoms with Gasteiger partial charge in [0.25, 0.3) is 0 Å². The maximum absolute atomic E-state index is 12.5. The molecule has 3 heteroatoms. The lowest BCUT2D eigenvalue weighted by Gasteiger charge is -2.41. The summed E-state index contributed by atoms with van der Waals surface area (Å²) in [6.07, 6.45) is 2.45. The molecule has 1 aliphatic heterocycles. The first-order valence-corrected chi connectivity index (χ1v) is 7.07. The number of fused-ring (bicyclic) bond motifs is 1. The van der Waals surface area contributed by atoms with E-state index >= 15 is 0 Å². The van der Waals surface area contributed by atoms with Crippen molar-refractivity contribution in [1.82, 2.24) is 5.32 Å². The molecule has 1 aromatic rings. The number of amides is 1. The Hall–Kier alpha value is -1.35. The molecule has 102 valence electrons. The Bertz CT molecular complexity index is 469. The van der Waals surface area contributed by atoms with Crippen LogP contribution < -0.4 is 5.32 Å². The molecule has 0 radical (unpaired) electrons. The SMILES string of the molecule is CC(C)(C(=O)N[C@@H]1C[C@H]2OCC[C@@H]12)c1ccccc1. The Morgan fingerprint density at radius 2 is 2.05 bits per heavy atom. The predicted octanol–water partition coefficient (Wildman–Crippen LogP) is 2.26. The first kappa shape index (κ1) is 12.7. The van der Waals surface area contributed by atoms with Gasteiger partial charge in [0, 0.05) is 18.6 Å². The molecule has 0 unspecified atom stereocenters. The summed E-state index contributed by atoms with van der Waals surface area (Å²) >= 11 is 0. The highest BCUT2D eigenvalue weighted by Gasteiger charge is 2.47. The second kappa shape index (κ2) is 4.64. The lowest BCUT2D eigenvalue weighted by atomic mass is 9.75. The Morgan fingerprint density at radius 3 is 2.74 bits per heavy atom. The lowest BCUT2D eigenvalue weighted by Crippen LogP contribution is -2.56. The molecule has 1 N–H and O–H groups in total. The van der Waals surface area contributed by atoms with Crippen LogP contribution in [0.25, 0.3) is 0 Å². The van der Waals surface area contributed by atoms with Gasteiger partial charge in [-0.2, -0.15) is 0 Å². The Kier molecular flexibility index (Phi) is 3.09. The standard InChI is InChI=1S/C16H21NO2/c1-16(2,11-6-4-3-5-7-11)15(18)17-13-10-14-12(13)8-9-19-14/h3-7,12-14H,8-10H2,1-2H3,(H,17,18)/t12-,13+,14+/m0/s1. The van der Waals surface area contributed by atoms with Gasteiger partial charge in [-0.3, -0.25) is 4.79 Å². The van der Waals surface area contributed by atoms with Crippen LogP contribution in [0.1, 0.15) is 32.3 Å². The number of carbonyl (C=O) groups excluding carboxylic acids is 1. The Labute approximate surface area is 114 Å². The molecule has 1 heterocycles. The van der Waals surface area contributed by atoms with Gasteiger partial charge in [0.1, 0.15) is 0 Å². The average Bonchev–Trinajstić information content (AvgIpc) is 2.78. The summed E-state index contributed by atoms with van der Waals surface area (Å²) in [4.78, 5) is 12.5. The molecule has 2 aliphatic rings. The monoisotopic (exact) mass is 259 g/mol. The highest BCUT2D eigenvalue weighted by atomic mass is 16.5. The highest BCUT2D eigenvalue weighted by molar-refractivity contribution is 5.87. The first-order valence-electron chi connectivity index (χ1n) is 7.07. The van der Waals surface area contributed by atoms with Crippen molar-refractivity contribution < 1.29 is 9.53 Å². The highest BCUT2D eigenvalue weighted by Crippen LogP contribution is 2.39. The van der Waals surface area contributed by atoms with Crippen molar-refractivity contribution in [1.29, 1.82) is 0 Å². The molecule has 0 bridgehead atoms. The van der Waals surface area contributed by atoms with Crippen molar-refractivity contribution in [2.24, 2.45) is 5.92 Å². The van der Waals surface area contributed by atoms with E-state index < -0.39 is 5.41 Å². The molecule has 1 amide bonds. The van der Waals surface area contributed by atoms with Crippen molar-refractivity contribution in [3.8, 4) is 0 Å². The number of ether oxygens (including phenoxy) is 1. The second-order valence-electron chi connectivity index (χ2n) is 6.17. The van der Waals surface area contributed by atoms with Crippen molar-refractivity contribution in [2.45, 2.75) is 44.2 Å². The van der Waals surface area contributed by atoms with E-state index in [1.807, 2.05) is 44.2 Å². The molecular weight excluding hydrogens is 238 g/mol. The maximum atomic E-state index is 12.5. The Balaban J connectivity index is 1.67. The molecule has 3 rings (SSSR count). The van der Waals surface area contributed by atoms with Crippen LogP contribution in [-0.4, -0.2) is 24.7 Å². The maximum Gasteiger partial charge on any atom is 0.230 e. The molecule has 1 aliphatic carbocycles. The lowest BCUT2D eigenvalue weighted by molar-refractivity contribution is -0.128. The smallest absolute Gasteiger partial charge is 0.230 e. The minimum atomic E-state index is -0.480. The van der Waals surface area contributed by atoms with Crippen LogP contribution in [0.4, 0.5) is 0 Å². The molecule has 0 aromatic heterocycles. The van der Waals surface area contributed by atoms with Gasteiger partial charge < -0.3 is 10.1 Å². The first-order chi connectivity index (χ1) is 9.09. The number of rotatable bonds is 3. The minimum absolute atomic E-state index is 0.119. The summed E-state index contributed by atoms with van der Waals surface area (Å²) in [6.45, 7) is 4.82. The van der Waals surface area contributed by atoms with Crippen LogP contribution >= 0.6 is 0 Å². The van der Waals surface area contributed by atoms with Gasteiger partial charge in [0.15, 0.2) is 0 Å². The molecule has 3 atom stereocenters. The van der Waals surface area contributed by atoms with Gasteiger partial charge in [0.05, 0.1) is 11.5 Å². The number of hydrogen-bond acceptors (Lipinski definition) is 2. The summed E-state index contributed by atoms with van der Waals surface area (Å²) in [7, 11) is 0. The number of nitrogens with one attached hydrogen (secondary N) is 1. The van der Waals surface area contributed by atoms with Gasteiger partial charge in [-0.25, -0.2) is 0 Å². The third-order valence-corrected chi connectivity index (χ3v) is 4.64. The molecule has 19 heavy (non-hydrogen) atoms. The zero-order chi connectivity index (χ0) is 13.5. The van der Waals surface area contributed by atoms with Crippen molar-refractivity contribution in [3.05, 3.63) is 35.9 Å². The predicted molar refractivity (Wildman–Crippen MR) is 73.9 cm³/mol. The van der Waals surface area contributed by atoms with E-state index in [-0.39, 0.29) is 5.91 Å². The van der Waals surface area contributed by atoms with Crippen LogP contribution in [0.2, 0.25) is 0 Å². The van der Waals surface area contributed by atoms with Crippen LogP contribution in [0.3, 0.4) is 0 Å². The summed E-state index contributed by atoms with van der Waals surface area (Å²) in [5, 5.41) is 3.21. The number of benzene rings is 1. The van der Waals surface area contributed by atoms with E-state index in [1.54, 1.807) is 0 Å². The van der Waals surface area contributed by atoms with Gasteiger partial charge in [-0.1, -0.05) is 30.3 Å². The molecule has 0 spiro atoms. The second-order valence-corrected chi connectivity index (χ2v) is 6.17. The van der Waals surface area contributed by atoms with Crippen LogP contribution in [0.5, 0.6) is 0 Å². The summed E-state index contributed by atoms with van der Waals surface area (Å²) < 4.78 is 5.58. The zero-order valence-electron chi connectivity index (χ0n) is 11.6. The van der Waals surface area contributed by atoms with Gasteiger partial charge in [-0.15, -0.1) is 0 Å². The van der Waals surface area contributed by atoms with E-state index in [0.717, 1.165) is 25.0 Å². The fourth-order valence-corrected chi connectivity index (χ4v) is 3.10.